The van der Waals surface area contributed by atoms with Crippen molar-refractivity contribution in [3.8, 4) is 5.69 Å². The fraction of sp³-hybridized carbons (Fsp3) is 0.381. The van der Waals surface area contributed by atoms with Gasteiger partial charge in [0.1, 0.15) is 5.82 Å². The Morgan fingerprint density at radius 1 is 1.21 bits per heavy atom. The van der Waals surface area contributed by atoms with E-state index >= 15 is 0 Å². The molecule has 2 aromatic heterocycles. The molecule has 29 heavy (non-hydrogen) atoms. The van der Waals surface area contributed by atoms with Gasteiger partial charge in [-0.1, -0.05) is 26.0 Å². The minimum absolute atomic E-state index is 0.123. The zero-order chi connectivity index (χ0) is 21.2. The van der Waals surface area contributed by atoms with Gasteiger partial charge in [0.15, 0.2) is 0 Å². The summed E-state index contributed by atoms with van der Waals surface area (Å²) in [7, 11) is 0. The molecule has 3 rings (SSSR count). The summed E-state index contributed by atoms with van der Waals surface area (Å²) in [5.74, 6) is 1.43. The average molecular weight is 399 g/mol. The van der Waals surface area contributed by atoms with Gasteiger partial charge >= 0.3 is 0 Å². The fourth-order valence-electron chi connectivity index (χ4n) is 3.00. The number of benzene rings is 1. The van der Waals surface area contributed by atoms with Crippen LogP contribution >= 0.6 is 0 Å². The van der Waals surface area contributed by atoms with Crippen molar-refractivity contribution in [2.24, 2.45) is 0 Å². The summed E-state index contributed by atoms with van der Waals surface area (Å²) in [6, 6.07) is 8.51. The van der Waals surface area contributed by atoms with E-state index in [-0.39, 0.29) is 13.1 Å². The van der Waals surface area contributed by atoms with Crippen molar-refractivity contribution in [3.63, 3.8) is 0 Å². The smallest absolute Gasteiger partial charge is 0.290 e. The number of carbonyl (C=O) groups is 1. The number of nitrogens with zero attached hydrogens (tertiary/aromatic N) is 4. The third-order valence-electron chi connectivity index (χ3n) is 4.43. The number of aliphatic hydroxyl groups is 1. The molecule has 0 saturated carbocycles. The standard InChI is InChI=1S/C20H27N5O.CH2O2/c1-15(2)18-4-6-20(7-5-18)25-13-17(10-22-25)12-24(8-9-26)14-19-11-21-16(3)23-19;2-1-3/h4-7,10-11,13,15,26H,8-9,12,14H2,1-3H3,(H,21,23);1H,(H,2,3). The lowest BCUT2D eigenvalue weighted by molar-refractivity contribution is -0.122. The Kier molecular flexibility index (Phi) is 8.57. The van der Waals surface area contributed by atoms with Crippen molar-refractivity contribution >= 4 is 6.47 Å². The molecule has 0 spiro atoms. The lowest BCUT2D eigenvalue weighted by atomic mass is 10.0. The molecule has 2 heterocycles. The van der Waals surface area contributed by atoms with E-state index in [1.54, 1.807) is 0 Å². The summed E-state index contributed by atoms with van der Waals surface area (Å²) in [6.45, 7) is 8.24. The normalized spacial score (nSPS) is 10.8. The summed E-state index contributed by atoms with van der Waals surface area (Å²) in [5, 5.41) is 20.7. The third-order valence-corrected chi connectivity index (χ3v) is 4.43. The van der Waals surface area contributed by atoms with E-state index in [4.69, 9.17) is 9.90 Å². The molecular formula is C21H29N5O3. The molecule has 0 unspecified atom stereocenters. The first kappa shape index (κ1) is 22.3. The molecule has 0 radical (unpaired) electrons. The van der Waals surface area contributed by atoms with Crippen molar-refractivity contribution in [3.05, 3.63) is 65.5 Å². The van der Waals surface area contributed by atoms with Crippen molar-refractivity contribution in [2.75, 3.05) is 13.2 Å². The monoisotopic (exact) mass is 399 g/mol. The van der Waals surface area contributed by atoms with Gasteiger partial charge in [0.05, 0.1) is 18.5 Å². The maximum atomic E-state index is 9.36. The van der Waals surface area contributed by atoms with E-state index in [1.165, 1.54) is 5.56 Å². The summed E-state index contributed by atoms with van der Waals surface area (Å²) in [6.07, 6.45) is 5.78. The quantitative estimate of drug-likeness (QED) is 0.503. The zero-order valence-corrected chi connectivity index (χ0v) is 17.1. The molecule has 156 valence electrons. The Morgan fingerprint density at radius 3 is 2.45 bits per heavy atom. The van der Waals surface area contributed by atoms with Gasteiger partial charge in [0, 0.05) is 43.3 Å². The molecule has 0 bridgehead atoms. The van der Waals surface area contributed by atoms with Gasteiger partial charge in [-0.15, -0.1) is 0 Å². The molecule has 3 aromatic rings. The van der Waals surface area contributed by atoms with Crippen molar-refractivity contribution in [2.45, 2.75) is 39.8 Å². The van der Waals surface area contributed by atoms with Crippen LogP contribution in [0, 0.1) is 6.92 Å². The minimum Gasteiger partial charge on any atom is -0.483 e. The molecule has 0 saturated heterocycles. The number of aromatic amines is 1. The van der Waals surface area contributed by atoms with Crippen molar-refractivity contribution < 1.29 is 15.0 Å². The minimum atomic E-state index is -0.250. The van der Waals surface area contributed by atoms with E-state index in [0.29, 0.717) is 12.5 Å². The number of aromatic nitrogens is 4. The molecule has 8 nitrogen and oxygen atoms in total. The first-order valence-electron chi connectivity index (χ1n) is 9.52. The number of hydrogen-bond acceptors (Lipinski definition) is 5. The first-order valence-corrected chi connectivity index (χ1v) is 9.52. The van der Waals surface area contributed by atoms with E-state index in [2.05, 4.69) is 58.1 Å². The molecule has 0 aliphatic carbocycles. The van der Waals surface area contributed by atoms with Gasteiger partial charge in [-0.2, -0.15) is 5.10 Å². The Bertz CT molecular complexity index is 871. The Morgan fingerprint density at radius 2 is 1.90 bits per heavy atom. The lowest BCUT2D eigenvalue weighted by Crippen LogP contribution is -2.26. The van der Waals surface area contributed by atoms with Crippen LogP contribution in [-0.4, -0.2) is 54.5 Å². The Balaban J connectivity index is 0.000000941. The topological polar surface area (TPSA) is 107 Å². The van der Waals surface area contributed by atoms with E-state index in [0.717, 1.165) is 35.9 Å². The Labute approximate surface area is 170 Å². The van der Waals surface area contributed by atoms with E-state index in [9.17, 15) is 5.11 Å². The molecule has 1 aromatic carbocycles. The predicted molar refractivity (Wildman–Crippen MR) is 111 cm³/mol. The van der Waals surface area contributed by atoms with Gasteiger partial charge in [-0.3, -0.25) is 9.69 Å². The number of carboxylic acid groups (broad SMARTS) is 1. The number of aryl methyl sites for hydroxylation is 1. The second kappa shape index (κ2) is 11.1. The summed E-state index contributed by atoms with van der Waals surface area (Å²) in [5.41, 5.74) is 4.54. The summed E-state index contributed by atoms with van der Waals surface area (Å²) < 4.78 is 1.90. The highest BCUT2D eigenvalue weighted by Gasteiger charge is 2.10. The maximum absolute atomic E-state index is 9.36. The van der Waals surface area contributed by atoms with Crippen LogP contribution in [0.2, 0.25) is 0 Å². The largest absolute Gasteiger partial charge is 0.483 e. The van der Waals surface area contributed by atoms with Crippen molar-refractivity contribution in [1.82, 2.24) is 24.6 Å². The highest BCUT2D eigenvalue weighted by molar-refractivity contribution is 5.35. The summed E-state index contributed by atoms with van der Waals surface area (Å²) >= 11 is 0. The van der Waals surface area contributed by atoms with Crippen LogP contribution in [-0.2, 0) is 17.9 Å². The van der Waals surface area contributed by atoms with Gasteiger partial charge in [0.25, 0.3) is 6.47 Å². The Hall–Kier alpha value is -2.97. The summed E-state index contributed by atoms with van der Waals surface area (Å²) in [4.78, 5) is 18.0. The molecule has 0 aliphatic rings. The van der Waals surface area contributed by atoms with Gasteiger partial charge < -0.3 is 15.2 Å². The molecule has 0 amide bonds. The number of H-pyrrole nitrogens is 1. The second-order valence-corrected chi connectivity index (χ2v) is 7.07. The molecule has 3 N–H and O–H groups in total. The van der Waals surface area contributed by atoms with Gasteiger partial charge in [-0.25, -0.2) is 9.67 Å². The van der Waals surface area contributed by atoms with Gasteiger partial charge in [-0.05, 0) is 30.5 Å². The predicted octanol–water partition coefficient (Wildman–Crippen LogP) is 2.72. The fourth-order valence-corrected chi connectivity index (χ4v) is 3.00. The number of aliphatic hydroxyl groups excluding tert-OH is 1. The molecular weight excluding hydrogens is 370 g/mol. The van der Waals surface area contributed by atoms with Crippen LogP contribution in [0.4, 0.5) is 0 Å². The average Bonchev–Trinajstić information content (AvgIpc) is 3.32. The lowest BCUT2D eigenvalue weighted by Gasteiger charge is -2.19. The SMILES string of the molecule is Cc1ncc(CN(CCO)Cc2cnn(-c3ccc(C(C)C)cc3)c2)[nH]1.O=CO. The van der Waals surface area contributed by atoms with Gasteiger partial charge in [0.2, 0.25) is 0 Å². The number of nitrogens with one attached hydrogen (secondary N) is 1. The molecule has 0 atom stereocenters. The van der Waals surface area contributed by atoms with Crippen LogP contribution in [0.5, 0.6) is 0 Å². The highest BCUT2D eigenvalue weighted by atomic mass is 16.3. The molecule has 8 heteroatoms. The number of rotatable bonds is 8. The van der Waals surface area contributed by atoms with Crippen LogP contribution in [0.25, 0.3) is 5.69 Å². The maximum Gasteiger partial charge on any atom is 0.290 e. The second-order valence-electron chi connectivity index (χ2n) is 7.07. The van der Waals surface area contributed by atoms with Crippen LogP contribution in [0.1, 0.15) is 42.4 Å². The zero-order valence-electron chi connectivity index (χ0n) is 17.1. The third kappa shape index (κ3) is 6.85. The van der Waals surface area contributed by atoms with Crippen LogP contribution in [0.15, 0.2) is 42.9 Å². The number of imidazole rings is 1. The van der Waals surface area contributed by atoms with Crippen LogP contribution < -0.4 is 0 Å². The molecule has 0 aliphatic heterocycles. The highest BCUT2D eigenvalue weighted by Crippen LogP contribution is 2.17. The van der Waals surface area contributed by atoms with E-state index < -0.39 is 0 Å². The number of hydrogen-bond donors (Lipinski definition) is 3. The van der Waals surface area contributed by atoms with Crippen molar-refractivity contribution in [1.29, 1.82) is 0 Å². The van der Waals surface area contributed by atoms with Crippen LogP contribution in [0.3, 0.4) is 0 Å². The first-order chi connectivity index (χ1) is 14.0. The molecule has 0 fully saturated rings. The van der Waals surface area contributed by atoms with E-state index in [1.807, 2.05) is 30.2 Å².